The second kappa shape index (κ2) is 10.5. The van der Waals surface area contributed by atoms with Crippen LogP contribution in [0.1, 0.15) is 49.7 Å². The van der Waals surface area contributed by atoms with Gasteiger partial charge in [0.15, 0.2) is 0 Å². The molecule has 1 N–H and O–H groups in total. The van der Waals surface area contributed by atoms with Gasteiger partial charge in [0.05, 0.1) is 34.0 Å². The van der Waals surface area contributed by atoms with E-state index >= 15 is 0 Å². The predicted octanol–water partition coefficient (Wildman–Crippen LogP) is 5.60. The van der Waals surface area contributed by atoms with Crippen molar-refractivity contribution in [1.29, 1.82) is 0 Å². The number of halogens is 1. The Labute approximate surface area is 279 Å². The third kappa shape index (κ3) is 4.02. The lowest BCUT2D eigenvalue weighted by atomic mass is 9.52. The van der Waals surface area contributed by atoms with Crippen molar-refractivity contribution >= 4 is 62.5 Å². The number of rotatable bonds is 5. The quantitative estimate of drug-likeness (QED) is 0.216. The number of carbonyl (C=O) groups is 4. The Morgan fingerprint density at radius 2 is 1.87 bits per heavy atom. The van der Waals surface area contributed by atoms with Crippen molar-refractivity contribution in [3.63, 3.8) is 0 Å². The molecule has 2 saturated heterocycles. The van der Waals surface area contributed by atoms with Gasteiger partial charge in [-0.3, -0.25) is 28.8 Å². The lowest BCUT2D eigenvalue weighted by Crippen LogP contribution is -2.48. The number of amides is 4. The van der Waals surface area contributed by atoms with Crippen molar-refractivity contribution in [1.82, 2.24) is 14.7 Å². The number of anilines is 1. The lowest BCUT2D eigenvalue weighted by molar-refractivity contribution is -0.140. The maximum absolute atomic E-state index is 14.8. The van der Waals surface area contributed by atoms with Crippen LogP contribution in [0.3, 0.4) is 0 Å². The number of imide groups is 2. The molecule has 6 atom stereocenters. The van der Waals surface area contributed by atoms with E-state index in [1.165, 1.54) is 9.80 Å². The number of nitrogens with zero attached hydrogens (tertiary/aromatic N) is 4. The molecule has 47 heavy (non-hydrogen) atoms. The number of aryl methyl sites for hydroxylation is 2. The number of benzene rings is 1. The minimum atomic E-state index is -1.25. The topological polar surface area (TPSA) is 126 Å². The largest absolute Gasteiger partial charge is 0.463 e. The average Bonchev–Trinajstić information content (AvgIpc) is 3.84. The highest BCUT2D eigenvalue weighted by atomic mass is 35.5. The molecule has 3 aromatic heterocycles. The maximum Gasteiger partial charge on any atom is 0.242 e. The molecule has 1 saturated carbocycles. The number of aliphatic hydroxyl groups is 1. The third-order valence-corrected chi connectivity index (χ3v) is 12.6. The van der Waals surface area contributed by atoms with E-state index in [1.54, 1.807) is 48.2 Å². The van der Waals surface area contributed by atoms with Gasteiger partial charge in [0, 0.05) is 29.4 Å². The fourth-order valence-electron chi connectivity index (χ4n) is 8.76. The molecule has 2 aliphatic heterocycles. The van der Waals surface area contributed by atoms with Crippen LogP contribution < -0.4 is 4.90 Å². The summed E-state index contributed by atoms with van der Waals surface area (Å²) in [5, 5.41) is 16.2. The van der Waals surface area contributed by atoms with Crippen molar-refractivity contribution in [2.75, 3.05) is 11.4 Å². The summed E-state index contributed by atoms with van der Waals surface area (Å²) in [4.78, 5) is 59.8. The lowest BCUT2D eigenvalue weighted by Gasteiger charge is -2.48. The zero-order valence-electron chi connectivity index (χ0n) is 26.3. The zero-order valence-corrected chi connectivity index (χ0v) is 27.9. The van der Waals surface area contributed by atoms with Gasteiger partial charge in [-0.25, -0.2) is 4.90 Å². The van der Waals surface area contributed by atoms with Gasteiger partial charge in [0.1, 0.15) is 29.6 Å². The Balaban J connectivity index is 1.24. The van der Waals surface area contributed by atoms with Gasteiger partial charge in [0.25, 0.3) is 0 Å². The summed E-state index contributed by atoms with van der Waals surface area (Å²) in [7, 11) is 1.72. The normalized spacial score (nSPS) is 28.7. The summed E-state index contributed by atoms with van der Waals surface area (Å²) in [6, 6.07) is 10.9. The Kier molecular flexibility index (Phi) is 6.75. The first kappa shape index (κ1) is 30.3. The molecule has 2 aliphatic carbocycles. The molecule has 0 spiro atoms. The number of carbonyl (C=O) groups excluding carboxylic acids is 4. The minimum Gasteiger partial charge on any atom is -0.463 e. The summed E-state index contributed by atoms with van der Waals surface area (Å²) in [6.07, 6.45) is 2.62. The average molecular weight is 673 g/mol. The number of furan rings is 1. The molecule has 242 valence electrons. The smallest absolute Gasteiger partial charge is 0.242 e. The molecule has 4 aromatic rings. The van der Waals surface area contributed by atoms with Crippen molar-refractivity contribution in [3.05, 3.63) is 70.2 Å². The Morgan fingerprint density at radius 1 is 1.09 bits per heavy atom. The van der Waals surface area contributed by atoms with E-state index in [0.717, 1.165) is 26.1 Å². The van der Waals surface area contributed by atoms with Crippen LogP contribution in [0, 0.1) is 36.0 Å². The summed E-state index contributed by atoms with van der Waals surface area (Å²) in [5.74, 6) is -2.97. The van der Waals surface area contributed by atoms with Crippen LogP contribution in [0.5, 0.6) is 0 Å². The number of aliphatic hydroxyl groups excluding tert-OH is 1. The predicted molar refractivity (Wildman–Crippen MR) is 175 cm³/mol. The van der Waals surface area contributed by atoms with Crippen LogP contribution in [-0.4, -0.2) is 50.0 Å². The SMILES string of the molecule is CCN1C(=O)[C@H]2[C@H](CC=C3[C@H]2C[C@H]2C(=O)N(c4cc(-c5sc6ccc(Cl)cc6c5C)nn4C)C(=O)[C@@]2(C)[C@H]3c2ccc(CO)o2)C1=O. The molecule has 3 fully saturated rings. The van der Waals surface area contributed by atoms with Gasteiger partial charge >= 0.3 is 0 Å². The second-order valence-electron chi connectivity index (χ2n) is 13.3. The highest BCUT2D eigenvalue weighted by Crippen LogP contribution is 2.63. The van der Waals surface area contributed by atoms with Crippen molar-refractivity contribution in [3.8, 4) is 10.6 Å². The van der Waals surface area contributed by atoms with Crippen LogP contribution in [-0.2, 0) is 32.8 Å². The number of hydrogen-bond donors (Lipinski definition) is 1. The van der Waals surface area contributed by atoms with E-state index in [9.17, 15) is 24.3 Å². The van der Waals surface area contributed by atoms with Gasteiger partial charge < -0.3 is 9.52 Å². The zero-order chi connectivity index (χ0) is 33.1. The molecule has 12 heteroatoms. The molecule has 0 radical (unpaired) electrons. The molecule has 4 amide bonds. The van der Waals surface area contributed by atoms with E-state index < -0.39 is 35.0 Å². The highest BCUT2D eigenvalue weighted by molar-refractivity contribution is 7.22. The van der Waals surface area contributed by atoms with E-state index in [1.807, 2.05) is 38.1 Å². The molecular formula is C35H33ClN4O6S. The van der Waals surface area contributed by atoms with Crippen LogP contribution >= 0.6 is 22.9 Å². The van der Waals surface area contributed by atoms with E-state index in [0.29, 0.717) is 34.5 Å². The van der Waals surface area contributed by atoms with Crippen molar-refractivity contribution in [2.45, 2.75) is 46.1 Å². The standard InChI is InChI=1S/C35H33ClN4O6S/c1-5-39-31(42)20-9-8-19-22(28(20)33(39)44)13-23-32(43)40(34(45)35(23,3)29(19)25-10-7-18(15-41)46-25)27-14-24(37-38(27)4)30-16(2)21-12-17(36)6-11-26(21)47-30/h6-8,10-12,14,20,22-23,28-29,41H,5,9,13,15H2,1-4H3/t20-,22+,23-,28-,29+,35+/m0/s1. The van der Waals surface area contributed by atoms with Crippen LogP contribution in [0.2, 0.25) is 5.02 Å². The van der Waals surface area contributed by atoms with E-state index in [2.05, 4.69) is 0 Å². The van der Waals surface area contributed by atoms with E-state index in [4.69, 9.17) is 21.1 Å². The molecule has 1 aromatic carbocycles. The Morgan fingerprint density at radius 3 is 2.60 bits per heavy atom. The number of hydrogen-bond acceptors (Lipinski definition) is 8. The summed E-state index contributed by atoms with van der Waals surface area (Å²) >= 11 is 7.85. The van der Waals surface area contributed by atoms with Crippen LogP contribution in [0.15, 0.2) is 52.5 Å². The molecule has 0 unspecified atom stereocenters. The second-order valence-corrected chi connectivity index (χ2v) is 14.7. The summed E-state index contributed by atoms with van der Waals surface area (Å²) in [5.41, 5.74) is 1.25. The van der Waals surface area contributed by atoms with Crippen molar-refractivity contribution < 1.29 is 28.7 Å². The molecule has 0 bridgehead atoms. The van der Waals surface area contributed by atoms with E-state index in [-0.39, 0.29) is 43.2 Å². The van der Waals surface area contributed by atoms with Crippen LogP contribution in [0.4, 0.5) is 5.82 Å². The molecule has 5 heterocycles. The number of aromatic nitrogens is 2. The third-order valence-electron chi connectivity index (χ3n) is 11.0. The monoisotopic (exact) mass is 672 g/mol. The molecule has 10 nitrogen and oxygen atoms in total. The molecule has 8 rings (SSSR count). The fourth-order valence-corrected chi connectivity index (χ4v) is 10.1. The number of allylic oxidation sites excluding steroid dienone is 2. The Hall–Kier alpha value is -4.06. The van der Waals surface area contributed by atoms with Gasteiger partial charge in [-0.15, -0.1) is 11.3 Å². The number of likely N-dealkylation sites (tertiary alicyclic amines) is 1. The highest BCUT2D eigenvalue weighted by Gasteiger charge is 2.68. The first-order valence-corrected chi connectivity index (χ1v) is 17.0. The van der Waals surface area contributed by atoms with Crippen molar-refractivity contribution in [2.24, 2.45) is 36.1 Å². The number of thiophene rings is 1. The Bertz CT molecular complexity index is 2080. The maximum atomic E-state index is 14.8. The van der Waals surface area contributed by atoms with Gasteiger partial charge in [-0.2, -0.15) is 5.10 Å². The first-order chi connectivity index (χ1) is 22.5. The summed E-state index contributed by atoms with van der Waals surface area (Å²) in [6.45, 7) is 5.57. The van der Waals surface area contributed by atoms with Crippen LogP contribution in [0.25, 0.3) is 20.7 Å². The van der Waals surface area contributed by atoms with Gasteiger partial charge in [-0.1, -0.05) is 23.3 Å². The van der Waals surface area contributed by atoms with Gasteiger partial charge in [0.2, 0.25) is 23.6 Å². The summed E-state index contributed by atoms with van der Waals surface area (Å²) < 4.78 is 8.72. The van der Waals surface area contributed by atoms with Gasteiger partial charge in [-0.05, 0) is 80.8 Å². The minimum absolute atomic E-state index is 0.181. The molecule has 4 aliphatic rings. The molecular weight excluding hydrogens is 640 g/mol. The fraction of sp³-hybridized carbons (Fsp3) is 0.400. The number of fused-ring (bicyclic) bond motifs is 5. The first-order valence-electron chi connectivity index (χ1n) is 15.9.